The first kappa shape index (κ1) is 22.3. The van der Waals surface area contributed by atoms with Crippen LogP contribution >= 0.6 is 11.8 Å². The maximum absolute atomic E-state index is 13.9. The van der Waals surface area contributed by atoms with E-state index < -0.39 is 0 Å². The monoisotopic (exact) mass is 448 g/mol. The van der Waals surface area contributed by atoms with Gasteiger partial charge in [0.1, 0.15) is 11.6 Å². The molecule has 0 aliphatic carbocycles. The number of fused-ring (bicyclic) bond motifs is 1. The van der Waals surface area contributed by atoms with E-state index in [1.807, 2.05) is 6.07 Å². The third kappa shape index (κ3) is 4.35. The second-order valence-corrected chi connectivity index (χ2v) is 9.43. The molecule has 0 unspecified atom stereocenters. The topological polar surface area (TPSA) is 33.3 Å². The maximum atomic E-state index is 13.9. The molecule has 3 nitrogen and oxygen atoms in total. The highest BCUT2D eigenvalue weighted by atomic mass is 32.2. The number of ether oxygens (including phenoxy) is 1. The number of methoxy groups -OCH3 is 1. The summed E-state index contributed by atoms with van der Waals surface area (Å²) in [6.45, 7) is 7.13. The Hall–Kier alpha value is -2.92. The molecule has 0 saturated carbocycles. The van der Waals surface area contributed by atoms with Gasteiger partial charge in [-0.1, -0.05) is 24.3 Å². The van der Waals surface area contributed by atoms with E-state index in [0.717, 1.165) is 28.1 Å². The number of anilines is 2. The molecular weight excluding hydrogens is 419 g/mol. The third-order valence-electron chi connectivity index (χ3n) is 5.76. The van der Waals surface area contributed by atoms with Crippen LogP contribution in [0.15, 0.2) is 65.6 Å². The first-order chi connectivity index (χ1) is 15.3. The molecule has 32 heavy (non-hydrogen) atoms. The standard InChI is InChI=1S/C27H29FN2OS/c1-17-15-27(2,3)30-23-13-12-19(20-11-10-18(28)14-24(20)31-4)21(26(17)23)16-29-22-8-6-7-9-25(22)32-5/h6-15,29-30H,16H2,1-5H3. The lowest BCUT2D eigenvalue weighted by Crippen LogP contribution is -2.32. The Morgan fingerprint density at radius 1 is 1.06 bits per heavy atom. The highest BCUT2D eigenvalue weighted by molar-refractivity contribution is 7.98. The molecule has 0 amide bonds. The van der Waals surface area contributed by atoms with Crippen LogP contribution in [-0.4, -0.2) is 18.9 Å². The number of benzene rings is 3. The molecule has 0 fully saturated rings. The van der Waals surface area contributed by atoms with Gasteiger partial charge < -0.3 is 15.4 Å². The predicted molar refractivity (Wildman–Crippen MR) is 135 cm³/mol. The minimum Gasteiger partial charge on any atom is -0.496 e. The average molecular weight is 449 g/mol. The summed E-state index contributed by atoms with van der Waals surface area (Å²) in [6.07, 6.45) is 4.35. The molecule has 3 aromatic carbocycles. The van der Waals surface area contributed by atoms with Crippen LogP contribution in [0.4, 0.5) is 15.8 Å². The van der Waals surface area contributed by atoms with Crippen LogP contribution in [0.3, 0.4) is 0 Å². The fourth-order valence-corrected chi connectivity index (χ4v) is 5.07. The average Bonchev–Trinajstić information content (AvgIpc) is 2.76. The van der Waals surface area contributed by atoms with Gasteiger partial charge in [0.2, 0.25) is 0 Å². The van der Waals surface area contributed by atoms with Gasteiger partial charge in [0.05, 0.1) is 12.6 Å². The molecule has 0 spiro atoms. The quantitative estimate of drug-likeness (QED) is 0.384. The lowest BCUT2D eigenvalue weighted by atomic mass is 9.85. The Morgan fingerprint density at radius 3 is 2.56 bits per heavy atom. The van der Waals surface area contributed by atoms with Crippen molar-refractivity contribution < 1.29 is 9.13 Å². The van der Waals surface area contributed by atoms with Gasteiger partial charge in [0, 0.05) is 40.0 Å². The van der Waals surface area contributed by atoms with Crippen LogP contribution < -0.4 is 15.4 Å². The van der Waals surface area contributed by atoms with E-state index in [0.29, 0.717) is 12.3 Å². The molecule has 1 aliphatic rings. The van der Waals surface area contributed by atoms with E-state index in [1.54, 1.807) is 24.9 Å². The Morgan fingerprint density at radius 2 is 1.81 bits per heavy atom. The molecule has 1 aliphatic heterocycles. The van der Waals surface area contributed by atoms with Crippen LogP contribution in [0.1, 0.15) is 31.9 Å². The predicted octanol–water partition coefficient (Wildman–Crippen LogP) is 7.44. The van der Waals surface area contributed by atoms with Crippen LogP contribution in [0.5, 0.6) is 5.75 Å². The highest BCUT2D eigenvalue weighted by Crippen LogP contribution is 2.43. The number of hydrogen-bond donors (Lipinski definition) is 2. The fourth-order valence-electron chi connectivity index (χ4n) is 4.50. The van der Waals surface area contributed by atoms with E-state index in [1.165, 1.54) is 28.2 Å². The van der Waals surface area contributed by atoms with Gasteiger partial charge in [-0.15, -0.1) is 11.8 Å². The summed E-state index contributed by atoms with van der Waals surface area (Å²) in [5.74, 6) is 0.220. The van der Waals surface area contributed by atoms with Crippen molar-refractivity contribution in [2.24, 2.45) is 0 Å². The summed E-state index contributed by atoms with van der Waals surface area (Å²) in [6, 6.07) is 17.3. The molecule has 1 heterocycles. The van der Waals surface area contributed by atoms with Crippen molar-refractivity contribution in [3.05, 3.63) is 77.6 Å². The van der Waals surface area contributed by atoms with Crippen molar-refractivity contribution in [2.75, 3.05) is 24.0 Å². The number of thioether (sulfide) groups is 1. The third-order valence-corrected chi connectivity index (χ3v) is 6.55. The van der Waals surface area contributed by atoms with Crippen LogP contribution in [0.2, 0.25) is 0 Å². The first-order valence-electron chi connectivity index (χ1n) is 10.7. The van der Waals surface area contributed by atoms with Crippen LogP contribution in [0.25, 0.3) is 16.7 Å². The van der Waals surface area contributed by atoms with Crippen molar-refractivity contribution in [3.8, 4) is 16.9 Å². The molecule has 0 bridgehead atoms. The zero-order valence-corrected chi connectivity index (χ0v) is 20.0. The molecule has 3 aromatic rings. The minimum atomic E-state index is -0.309. The van der Waals surface area contributed by atoms with Crippen LogP contribution in [-0.2, 0) is 6.54 Å². The van der Waals surface area contributed by atoms with Gasteiger partial charge in [-0.3, -0.25) is 0 Å². The number of halogens is 1. The van der Waals surface area contributed by atoms with Gasteiger partial charge in [-0.05, 0) is 74.1 Å². The van der Waals surface area contributed by atoms with E-state index in [-0.39, 0.29) is 11.4 Å². The summed E-state index contributed by atoms with van der Waals surface area (Å²) >= 11 is 1.72. The molecule has 5 heteroatoms. The molecule has 166 valence electrons. The van der Waals surface area contributed by atoms with Gasteiger partial charge in [0.25, 0.3) is 0 Å². The number of hydrogen-bond acceptors (Lipinski definition) is 4. The molecular formula is C27H29FN2OS. The van der Waals surface area contributed by atoms with Crippen molar-refractivity contribution in [3.63, 3.8) is 0 Å². The van der Waals surface area contributed by atoms with Gasteiger partial charge in [0.15, 0.2) is 0 Å². The second kappa shape index (κ2) is 8.91. The van der Waals surface area contributed by atoms with E-state index in [9.17, 15) is 4.39 Å². The zero-order valence-electron chi connectivity index (χ0n) is 19.2. The Bertz CT molecular complexity index is 1190. The Labute approximate surface area is 194 Å². The minimum absolute atomic E-state index is 0.123. The number of nitrogens with one attached hydrogen (secondary N) is 2. The van der Waals surface area contributed by atoms with Crippen molar-refractivity contribution >= 4 is 28.7 Å². The van der Waals surface area contributed by atoms with E-state index in [2.05, 4.69) is 74.1 Å². The summed E-state index contributed by atoms with van der Waals surface area (Å²) in [4.78, 5) is 1.20. The molecule has 2 N–H and O–H groups in total. The normalized spacial score (nSPS) is 14.2. The van der Waals surface area contributed by atoms with Gasteiger partial charge in [-0.25, -0.2) is 4.39 Å². The molecule has 4 rings (SSSR count). The van der Waals surface area contributed by atoms with Crippen molar-refractivity contribution in [1.82, 2.24) is 0 Å². The SMILES string of the molecule is COc1cc(F)ccc1-c1ccc2c(c1CNc1ccccc1SC)C(C)=CC(C)(C)N2. The highest BCUT2D eigenvalue weighted by Gasteiger charge is 2.26. The summed E-state index contributed by atoms with van der Waals surface area (Å²) in [5.41, 5.74) is 7.55. The van der Waals surface area contributed by atoms with Crippen LogP contribution in [0, 0.1) is 5.82 Å². The smallest absolute Gasteiger partial charge is 0.129 e. The maximum Gasteiger partial charge on any atom is 0.129 e. The van der Waals surface area contributed by atoms with Gasteiger partial charge >= 0.3 is 0 Å². The van der Waals surface area contributed by atoms with Gasteiger partial charge in [-0.2, -0.15) is 0 Å². The Kier molecular flexibility index (Phi) is 6.20. The number of allylic oxidation sites excluding steroid dienone is 1. The largest absolute Gasteiger partial charge is 0.496 e. The Balaban J connectivity index is 1.87. The summed E-state index contributed by atoms with van der Waals surface area (Å²) in [5, 5.41) is 7.28. The fraction of sp³-hybridized carbons (Fsp3) is 0.259. The molecule has 0 atom stereocenters. The zero-order chi connectivity index (χ0) is 22.9. The van der Waals surface area contributed by atoms with E-state index >= 15 is 0 Å². The second-order valence-electron chi connectivity index (χ2n) is 8.59. The number of para-hydroxylation sites is 1. The lowest BCUT2D eigenvalue weighted by Gasteiger charge is -2.33. The first-order valence-corrected chi connectivity index (χ1v) is 11.9. The van der Waals surface area contributed by atoms with Crippen molar-refractivity contribution in [1.29, 1.82) is 0 Å². The summed E-state index contributed by atoms with van der Waals surface area (Å²) in [7, 11) is 1.58. The van der Waals surface area contributed by atoms with Crippen molar-refractivity contribution in [2.45, 2.75) is 37.8 Å². The molecule has 0 aromatic heterocycles. The summed E-state index contributed by atoms with van der Waals surface area (Å²) < 4.78 is 19.5. The lowest BCUT2D eigenvalue weighted by molar-refractivity contribution is 0.413. The number of rotatable bonds is 6. The van der Waals surface area contributed by atoms with E-state index in [4.69, 9.17) is 4.74 Å². The molecule has 0 radical (unpaired) electrons. The molecule has 0 saturated heterocycles.